The lowest BCUT2D eigenvalue weighted by Gasteiger charge is -2.29. The molecule has 3 rings (SSSR count). The Labute approximate surface area is 188 Å². The number of rotatable bonds is 8. The molecule has 2 aromatic rings. The van der Waals surface area contributed by atoms with E-state index in [1.807, 2.05) is 0 Å². The molecule has 32 heavy (non-hydrogen) atoms. The molecule has 1 aliphatic heterocycles. The van der Waals surface area contributed by atoms with Crippen LogP contribution in [0.5, 0.6) is 0 Å². The standard InChI is InChI=1S/C20H21F2N3O5S2/c21-20(22)31-16-5-3-15(4-6-16)24-18(26)13-30-19(27)14-7-10-25(11-8-14)32(28,29)17-2-1-9-23-12-17/h1-6,9,12,14,20H,7-8,10-11,13H2,(H,24,26). The summed E-state index contributed by atoms with van der Waals surface area (Å²) < 4.78 is 56.2. The van der Waals surface area contributed by atoms with Crippen LogP contribution in [0.2, 0.25) is 0 Å². The largest absolute Gasteiger partial charge is 0.455 e. The highest BCUT2D eigenvalue weighted by molar-refractivity contribution is 7.99. The van der Waals surface area contributed by atoms with Crippen molar-refractivity contribution in [2.24, 2.45) is 5.92 Å². The SMILES string of the molecule is O=C(COC(=O)C1CCN(S(=O)(=O)c2cccnc2)CC1)Nc1ccc(SC(F)F)cc1. The summed E-state index contributed by atoms with van der Waals surface area (Å²) in [6.45, 7) is -0.182. The lowest BCUT2D eigenvalue weighted by Crippen LogP contribution is -2.40. The summed E-state index contributed by atoms with van der Waals surface area (Å²) in [5.74, 6) is -4.17. The van der Waals surface area contributed by atoms with Gasteiger partial charge in [0.05, 0.1) is 5.92 Å². The van der Waals surface area contributed by atoms with Gasteiger partial charge in [0.25, 0.3) is 11.7 Å². The maximum atomic E-state index is 12.6. The molecule has 2 heterocycles. The highest BCUT2D eigenvalue weighted by Crippen LogP contribution is 2.26. The third-order valence-electron chi connectivity index (χ3n) is 4.77. The lowest BCUT2D eigenvalue weighted by molar-refractivity contribution is -0.152. The van der Waals surface area contributed by atoms with Gasteiger partial charge in [-0.25, -0.2) is 8.42 Å². The molecule has 172 valence electrons. The third-order valence-corrected chi connectivity index (χ3v) is 7.37. The Balaban J connectivity index is 1.43. The van der Waals surface area contributed by atoms with E-state index in [-0.39, 0.29) is 30.8 Å². The number of nitrogens with one attached hydrogen (secondary N) is 1. The Morgan fingerprint density at radius 3 is 2.47 bits per heavy atom. The lowest BCUT2D eigenvalue weighted by atomic mass is 9.98. The molecule has 0 bridgehead atoms. The van der Waals surface area contributed by atoms with Gasteiger partial charge in [0.15, 0.2) is 6.61 Å². The second-order valence-electron chi connectivity index (χ2n) is 6.93. The minimum absolute atomic E-state index is 0.0959. The first-order valence-corrected chi connectivity index (χ1v) is 12.0. The number of ether oxygens (including phenoxy) is 1. The fourth-order valence-corrected chi connectivity index (χ4v) is 5.09. The number of sulfonamides is 1. The van der Waals surface area contributed by atoms with Crippen LogP contribution in [0.15, 0.2) is 58.6 Å². The summed E-state index contributed by atoms with van der Waals surface area (Å²) in [5, 5.41) is 2.52. The van der Waals surface area contributed by atoms with Gasteiger partial charge in [-0.15, -0.1) is 0 Å². The molecule has 1 saturated heterocycles. The van der Waals surface area contributed by atoms with Crippen LogP contribution in [0.1, 0.15) is 12.8 Å². The quantitative estimate of drug-likeness (QED) is 0.453. The number of anilines is 1. The van der Waals surface area contributed by atoms with E-state index in [9.17, 15) is 26.8 Å². The second-order valence-corrected chi connectivity index (χ2v) is 9.93. The maximum Gasteiger partial charge on any atom is 0.309 e. The van der Waals surface area contributed by atoms with Crippen LogP contribution in [0.25, 0.3) is 0 Å². The number of thioether (sulfide) groups is 1. The fourth-order valence-electron chi connectivity index (χ4n) is 3.15. The van der Waals surface area contributed by atoms with Crippen LogP contribution in [0.3, 0.4) is 0 Å². The van der Waals surface area contributed by atoms with Gasteiger partial charge >= 0.3 is 5.97 Å². The van der Waals surface area contributed by atoms with E-state index in [4.69, 9.17) is 4.74 Å². The van der Waals surface area contributed by atoms with Crippen LogP contribution in [-0.2, 0) is 24.3 Å². The smallest absolute Gasteiger partial charge is 0.309 e. The highest BCUT2D eigenvalue weighted by atomic mass is 32.2. The van der Waals surface area contributed by atoms with Crippen molar-refractivity contribution in [1.82, 2.24) is 9.29 Å². The zero-order valence-corrected chi connectivity index (χ0v) is 18.5. The number of aromatic nitrogens is 1. The number of esters is 1. The predicted molar refractivity (Wildman–Crippen MR) is 114 cm³/mol. The van der Waals surface area contributed by atoms with Gasteiger partial charge < -0.3 is 10.1 Å². The van der Waals surface area contributed by atoms with E-state index >= 15 is 0 Å². The van der Waals surface area contributed by atoms with E-state index in [1.54, 1.807) is 6.07 Å². The minimum Gasteiger partial charge on any atom is -0.455 e. The van der Waals surface area contributed by atoms with Crippen LogP contribution >= 0.6 is 11.8 Å². The van der Waals surface area contributed by atoms with E-state index in [1.165, 1.54) is 47.0 Å². The van der Waals surface area contributed by atoms with Gasteiger partial charge in [-0.2, -0.15) is 13.1 Å². The number of piperidine rings is 1. The predicted octanol–water partition coefficient (Wildman–Crippen LogP) is 2.98. The van der Waals surface area contributed by atoms with E-state index in [0.29, 0.717) is 22.3 Å². The first-order chi connectivity index (χ1) is 15.3. The molecule has 0 aliphatic carbocycles. The van der Waals surface area contributed by atoms with E-state index in [0.717, 1.165) is 0 Å². The van der Waals surface area contributed by atoms with Crippen molar-refractivity contribution < 1.29 is 31.5 Å². The summed E-state index contributed by atoms with van der Waals surface area (Å²) in [4.78, 5) is 28.6. The Morgan fingerprint density at radius 2 is 1.88 bits per heavy atom. The van der Waals surface area contributed by atoms with Gasteiger partial charge in [-0.05, 0) is 49.2 Å². The number of nitrogens with zero attached hydrogens (tertiary/aromatic N) is 2. The summed E-state index contributed by atoms with van der Waals surface area (Å²) in [6, 6.07) is 8.86. The van der Waals surface area contributed by atoms with E-state index < -0.39 is 40.2 Å². The van der Waals surface area contributed by atoms with Crippen LogP contribution < -0.4 is 5.32 Å². The zero-order chi connectivity index (χ0) is 23.1. The molecule has 12 heteroatoms. The first kappa shape index (κ1) is 24.1. The summed E-state index contributed by atoms with van der Waals surface area (Å²) in [5.41, 5.74) is 0.388. The third kappa shape index (κ3) is 6.47. The highest BCUT2D eigenvalue weighted by Gasteiger charge is 2.33. The molecule has 8 nitrogen and oxygen atoms in total. The number of pyridine rings is 1. The number of carbonyl (C=O) groups excluding carboxylic acids is 2. The molecule has 1 fully saturated rings. The van der Waals surface area contributed by atoms with E-state index in [2.05, 4.69) is 10.3 Å². The van der Waals surface area contributed by atoms with Gasteiger partial charge in [0, 0.05) is 36.1 Å². The molecule has 1 aromatic heterocycles. The van der Waals surface area contributed by atoms with Crippen LogP contribution in [0, 0.1) is 5.92 Å². The summed E-state index contributed by atoms with van der Waals surface area (Å²) >= 11 is 0.397. The molecule has 0 saturated carbocycles. The normalized spacial score (nSPS) is 15.5. The summed E-state index contributed by atoms with van der Waals surface area (Å²) in [7, 11) is -3.67. The zero-order valence-electron chi connectivity index (χ0n) is 16.8. The van der Waals surface area contributed by atoms with Gasteiger partial charge in [0.2, 0.25) is 10.0 Å². The molecule has 0 spiro atoms. The summed E-state index contributed by atoms with van der Waals surface area (Å²) in [6.07, 6.45) is 3.32. The van der Waals surface area contributed by atoms with Gasteiger partial charge in [-0.3, -0.25) is 14.6 Å². The van der Waals surface area contributed by atoms with Gasteiger partial charge in [0.1, 0.15) is 4.90 Å². The number of amides is 1. The molecule has 1 aliphatic rings. The Kier molecular flexibility index (Phi) is 8.15. The molecule has 0 unspecified atom stereocenters. The molecular formula is C20H21F2N3O5S2. The number of alkyl halides is 2. The second kappa shape index (κ2) is 10.8. The fraction of sp³-hybridized carbons (Fsp3) is 0.350. The molecule has 0 atom stereocenters. The van der Waals surface area contributed by atoms with Crippen molar-refractivity contribution in [3.05, 3.63) is 48.8 Å². The van der Waals surface area contributed by atoms with Crippen molar-refractivity contribution in [2.75, 3.05) is 25.0 Å². The van der Waals surface area contributed by atoms with Crippen LogP contribution in [-0.4, -0.2) is 55.0 Å². The minimum atomic E-state index is -3.67. The van der Waals surface area contributed by atoms with Gasteiger partial charge in [-0.1, -0.05) is 11.8 Å². The van der Waals surface area contributed by atoms with Crippen molar-refractivity contribution >= 4 is 39.3 Å². The number of carbonyl (C=O) groups is 2. The Morgan fingerprint density at radius 1 is 1.19 bits per heavy atom. The average Bonchev–Trinajstić information content (AvgIpc) is 2.79. The average molecular weight is 486 g/mol. The van der Waals surface area contributed by atoms with Crippen LogP contribution in [0.4, 0.5) is 14.5 Å². The number of hydrogen-bond donors (Lipinski definition) is 1. The Hall–Kier alpha value is -2.57. The van der Waals surface area contributed by atoms with Crippen molar-refractivity contribution in [1.29, 1.82) is 0 Å². The number of benzene rings is 1. The Bertz CT molecular complexity index is 1030. The maximum absolute atomic E-state index is 12.6. The monoisotopic (exact) mass is 485 g/mol. The van der Waals surface area contributed by atoms with Crippen molar-refractivity contribution in [2.45, 2.75) is 28.4 Å². The number of halogens is 2. The molecule has 1 amide bonds. The molecule has 1 N–H and O–H groups in total. The van der Waals surface area contributed by atoms with Crippen molar-refractivity contribution in [3.63, 3.8) is 0 Å². The first-order valence-electron chi connectivity index (χ1n) is 9.67. The topological polar surface area (TPSA) is 106 Å². The molecule has 1 aromatic carbocycles. The number of hydrogen-bond acceptors (Lipinski definition) is 7. The van der Waals surface area contributed by atoms with Crippen molar-refractivity contribution in [3.8, 4) is 0 Å². The molecular weight excluding hydrogens is 464 g/mol. The molecule has 0 radical (unpaired) electrons.